The summed E-state index contributed by atoms with van der Waals surface area (Å²) in [5.41, 5.74) is 1.84. The Hall–Kier alpha value is -0.900. The highest BCUT2D eigenvalue weighted by molar-refractivity contribution is 7.10. The number of likely N-dealkylation sites (N-methyl/N-ethyl adjacent to an activating group) is 1. The number of nitrogens with one attached hydrogen (secondary N) is 1. The highest BCUT2D eigenvalue weighted by Crippen LogP contribution is 2.26. The Kier molecular flexibility index (Phi) is 4.38. The highest BCUT2D eigenvalue weighted by atomic mass is 35.5. The van der Waals surface area contributed by atoms with Gasteiger partial charge in [-0.2, -0.15) is 0 Å². The molecule has 0 saturated carbocycles. The maximum atomic E-state index is 13.9. The van der Waals surface area contributed by atoms with Crippen molar-refractivity contribution in [2.45, 2.75) is 19.4 Å². The molecule has 1 aromatic heterocycles. The molecular weight excluding hydrogens is 269 g/mol. The van der Waals surface area contributed by atoms with Crippen LogP contribution in [-0.2, 0) is 6.42 Å². The standard InChI is InChI=1S/C14H15ClFNS/c1-9-6-11(8-18-9)13(17-2)7-10-4-3-5-12(15)14(10)16/h3-6,8,13,17H,7H2,1-2H3. The average Bonchev–Trinajstić information content (AvgIpc) is 2.78. The van der Waals surface area contributed by atoms with Gasteiger partial charge in [0.2, 0.25) is 0 Å². The van der Waals surface area contributed by atoms with Crippen molar-refractivity contribution in [2.24, 2.45) is 0 Å². The molecule has 0 saturated heterocycles. The Balaban J connectivity index is 2.23. The minimum absolute atomic E-state index is 0.114. The number of benzene rings is 1. The molecule has 96 valence electrons. The molecule has 0 aliphatic heterocycles. The molecule has 0 aliphatic rings. The van der Waals surface area contributed by atoms with Gasteiger partial charge in [0.25, 0.3) is 0 Å². The third kappa shape index (κ3) is 2.91. The molecule has 0 fully saturated rings. The molecule has 1 aromatic carbocycles. The lowest BCUT2D eigenvalue weighted by molar-refractivity contribution is 0.555. The Labute approximate surface area is 116 Å². The van der Waals surface area contributed by atoms with Gasteiger partial charge in [-0.05, 0) is 49.0 Å². The lowest BCUT2D eigenvalue weighted by Gasteiger charge is -2.15. The van der Waals surface area contributed by atoms with Gasteiger partial charge < -0.3 is 5.32 Å². The van der Waals surface area contributed by atoms with E-state index >= 15 is 0 Å². The predicted molar refractivity (Wildman–Crippen MR) is 76.0 cm³/mol. The van der Waals surface area contributed by atoms with Gasteiger partial charge >= 0.3 is 0 Å². The maximum Gasteiger partial charge on any atom is 0.145 e. The summed E-state index contributed by atoms with van der Waals surface area (Å²) < 4.78 is 13.9. The van der Waals surface area contributed by atoms with Crippen molar-refractivity contribution in [1.29, 1.82) is 0 Å². The minimum atomic E-state index is -0.314. The SMILES string of the molecule is CNC(Cc1cccc(Cl)c1F)c1csc(C)c1. The van der Waals surface area contributed by atoms with E-state index in [2.05, 4.69) is 23.7 Å². The average molecular weight is 284 g/mol. The second-order valence-electron chi connectivity index (χ2n) is 4.25. The van der Waals surface area contributed by atoms with E-state index in [0.717, 1.165) is 0 Å². The summed E-state index contributed by atoms with van der Waals surface area (Å²) in [6.45, 7) is 2.07. The topological polar surface area (TPSA) is 12.0 Å². The van der Waals surface area contributed by atoms with E-state index < -0.39 is 0 Å². The van der Waals surface area contributed by atoms with Crippen LogP contribution in [0.5, 0.6) is 0 Å². The number of aryl methyl sites for hydroxylation is 1. The molecule has 0 amide bonds. The van der Waals surface area contributed by atoms with E-state index in [1.165, 1.54) is 10.4 Å². The van der Waals surface area contributed by atoms with E-state index in [0.29, 0.717) is 12.0 Å². The van der Waals surface area contributed by atoms with E-state index in [4.69, 9.17) is 11.6 Å². The lowest BCUT2D eigenvalue weighted by atomic mass is 10.0. The van der Waals surface area contributed by atoms with Crippen LogP contribution in [0, 0.1) is 12.7 Å². The van der Waals surface area contributed by atoms with Gasteiger partial charge in [0, 0.05) is 10.9 Å². The lowest BCUT2D eigenvalue weighted by Crippen LogP contribution is -2.18. The number of hydrogen-bond donors (Lipinski definition) is 1. The first kappa shape index (κ1) is 13.5. The zero-order chi connectivity index (χ0) is 13.1. The summed E-state index contributed by atoms with van der Waals surface area (Å²) in [7, 11) is 1.89. The van der Waals surface area contributed by atoms with Gasteiger partial charge in [0.15, 0.2) is 0 Å². The van der Waals surface area contributed by atoms with Gasteiger partial charge in [-0.3, -0.25) is 0 Å². The van der Waals surface area contributed by atoms with Crippen molar-refractivity contribution >= 4 is 22.9 Å². The molecule has 0 aliphatic carbocycles. The van der Waals surface area contributed by atoms with Crippen LogP contribution in [0.3, 0.4) is 0 Å². The van der Waals surface area contributed by atoms with Gasteiger partial charge in [-0.1, -0.05) is 23.7 Å². The zero-order valence-corrected chi connectivity index (χ0v) is 11.9. The molecular formula is C14H15ClFNS. The van der Waals surface area contributed by atoms with Crippen molar-refractivity contribution < 1.29 is 4.39 Å². The minimum Gasteiger partial charge on any atom is -0.313 e. The van der Waals surface area contributed by atoms with E-state index in [9.17, 15) is 4.39 Å². The molecule has 0 spiro atoms. The van der Waals surface area contributed by atoms with Gasteiger partial charge in [-0.15, -0.1) is 11.3 Å². The number of thiophene rings is 1. The summed E-state index contributed by atoms with van der Waals surface area (Å²) >= 11 is 7.50. The second kappa shape index (κ2) is 5.83. The first-order valence-electron chi connectivity index (χ1n) is 5.77. The Morgan fingerprint density at radius 2 is 2.22 bits per heavy atom. The molecule has 4 heteroatoms. The molecule has 2 rings (SSSR count). The fraction of sp³-hybridized carbons (Fsp3) is 0.286. The fourth-order valence-electron chi connectivity index (χ4n) is 1.96. The Morgan fingerprint density at radius 1 is 1.44 bits per heavy atom. The van der Waals surface area contributed by atoms with E-state index in [1.807, 2.05) is 7.05 Å². The molecule has 1 nitrogen and oxygen atoms in total. The van der Waals surface area contributed by atoms with Crippen molar-refractivity contribution in [2.75, 3.05) is 7.05 Å². The summed E-state index contributed by atoms with van der Waals surface area (Å²) in [5.74, 6) is -0.314. The van der Waals surface area contributed by atoms with Gasteiger partial charge in [0.1, 0.15) is 5.82 Å². The number of hydrogen-bond acceptors (Lipinski definition) is 2. The molecule has 1 N–H and O–H groups in total. The van der Waals surface area contributed by atoms with Crippen LogP contribution < -0.4 is 5.32 Å². The Morgan fingerprint density at radius 3 is 2.83 bits per heavy atom. The van der Waals surface area contributed by atoms with E-state index in [-0.39, 0.29) is 16.9 Å². The molecule has 1 unspecified atom stereocenters. The monoisotopic (exact) mass is 283 g/mol. The van der Waals surface area contributed by atoms with Crippen molar-refractivity contribution in [3.63, 3.8) is 0 Å². The number of halogens is 2. The molecule has 1 heterocycles. The molecule has 2 aromatic rings. The van der Waals surface area contributed by atoms with Crippen LogP contribution >= 0.6 is 22.9 Å². The van der Waals surface area contributed by atoms with Crippen LogP contribution in [0.2, 0.25) is 5.02 Å². The summed E-state index contributed by atoms with van der Waals surface area (Å²) in [6.07, 6.45) is 0.596. The van der Waals surface area contributed by atoms with Crippen molar-refractivity contribution in [3.8, 4) is 0 Å². The van der Waals surface area contributed by atoms with E-state index in [1.54, 1.807) is 29.5 Å². The highest BCUT2D eigenvalue weighted by Gasteiger charge is 2.15. The second-order valence-corrected chi connectivity index (χ2v) is 5.77. The van der Waals surface area contributed by atoms with Crippen molar-refractivity contribution in [1.82, 2.24) is 5.32 Å². The quantitative estimate of drug-likeness (QED) is 0.879. The largest absolute Gasteiger partial charge is 0.313 e. The molecule has 0 radical (unpaired) electrons. The first-order valence-corrected chi connectivity index (χ1v) is 7.02. The smallest absolute Gasteiger partial charge is 0.145 e. The first-order chi connectivity index (χ1) is 8.61. The van der Waals surface area contributed by atoms with Gasteiger partial charge in [0.05, 0.1) is 5.02 Å². The zero-order valence-electron chi connectivity index (χ0n) is 10.3. The molecule has 1 atom stereocenters. The van der Waals surface area contributed by atoms with Crippen LogP contribution in [0.4, 0.5) is 4.39 Å². The number of rotatable bonds is 4. The van der Waals surface area contributed by atoms with Crippen molar-refractivity contribution in [3.05, 3.63) is 56.5 Å². The Bertz CT molecular complexity index is 538. The third-order valence-corrected chi connectivity index (χ3v) is 4.13. The normalized spacial score (nSPS) is 12.7. The molecule has 18 heavy (non-hydrogen) atoms. The predicted octanol–water partition coefficient (Wildman–Crippen LogP) is 4.35. The van der Waals surface area contributed by atoms with Crippen LogP contribution in [-0.4, -0.2) is 7.05 Å². The van der Waals surface area contributed by atoms with Crippen LogP contribution in [0.1, 0.15) is 22.0 Å². The third-order valence-electron chi connectivity index (χ3n) is 2.96. The van der Waals surface area contributed by atoms with Gasteiger partial charge in [-0.25, -0.2) is 4.39 Å². The van der Waals surface area contributed by atoms with Crippen LogP contribution in [0.25, 0.3) is 0 Å². The maximum absolute atomic E-state index is 13.9. The fourth-order valence-corrected chi connectivity index (χ4v) is 2.91. The summed E-state index contributed by atoms with van der Waals surface area (Å²) in [4.78, 5) is 1.26. The van der Waals surface area contributed by atoms with Crippen LogP contribution in [0.15, 0.2) is 29.6 Å². The molecule has 0 bridgehead atoms. The summed E-state index contributed by atoms with van der Waals surface area (Å²) in [6, 6.07) is 7.39. The summed E-state index contributed by atoms with van der Waals surface area (Å²) in [5, 5.41) is 5.52.